The van der Waals surface area contributed by atoms with E-state index in [1.807, 2.05) is 78.6 Å². The van der Waals surface area contributed by atoms with Gasteiger partial charge in [0.25, 0.3) is 5.91 Å². The summed E-state index contributed by atoms with van der Waals surface area (Å²) in [5, 5.41) is 11.4. The minimum atomic E-state index is -0.0900. The van der Waals surface area contributed by atoms with Crippen LogP contribution in [0.25, 0.3) is 0 Å². The second-order valence-electron chi connectivity index (χ2n) is 9.45. The Morgan fingerprint density at radius 3 is 2.33 bits per heavy atom. The molecule has 2 amide bonds. The topological polar surface area (TPSA) is 87.7 Å². The molecule has 1 unspecified atom stereocenters. The van der Waals surface area contributed by atoms with E-state index >= 15 is 0 Å². The number of benzene rings is 2. The van der Waals surface area contributed by atoms with Gasteiger partial charge in [-0.15, -0.1) is 5.10 Å². The van der Waals surface area contributed by atoms with Gasteiger partial charge >= 0.3 is 0 Å². The van der Waals surface area contributed by atoms with Crippen LogP contribution >= 0.6 is 0 Å². The highest BCUT2D eigenvalue weighted by Crippen LogP contribution is 2.25. The van der Waals surface area contributed by atoms with Crippen molar-refractivity contribution in [2.45, 2.75) is 32.3 Å². The first kappa shape index (κ1) is 23.8. The molecule has 0 spiro atoms. The minimum absolute atomic E-state index is 0.0155. The Bertz CT molecular complexity index is 1180. The average molecular weight is 486 g/mol. The Labute approximate surface area is 211 Å². The third-order valence-electron chi connectivity index (χ3n) is 6.84. The molecule has 1 aromatic heterocycles. The minimum Gasteiger partial charge on any atom is -0.490 e. The lowest BCUT2D eigenvalue weighted by molar-refractivity contribution is -0.119. The summed E-state index contributed by atoms with van der Waals surface area (Å²) in [6.45, 7) is 4.69. The largest absolute Gasteiger partial charge is 0.490 e. The number of hydrogen-bond acceptors (Lipinski definition) is 6. The molecule has 36 heavy (non-hydrogen) atoms. The normalized spacial score (nSPS) is 18.2. The van der Waals surface area contributed by atoms with Gasteiger partial charge in [0.1, 0.15) is 11.9 Å². The molecule has 186 valence electrons. The molecule has 8 nitrogen and oxygen atoms in total. The number of nitrogens with one attached hydrogen (secondary N) is 1. The zero-order valence-corrected chi connectivity index (χ0v) is 20.5. The van der Waals surface area contributed by atoms with Crippen LogP contribution in [0.2, 0.25) is 0 Å². The summed E-state index contributed by atoms with van der Waals surface area (Å²) in [7, 11) is 0. The Morgan fingerprint density at radius 2 is 1.64 bits per heavy atom. The Hall–Kier alpha value is -3.94. The number of likely N-dealkylation sites (tertiary alicyclic amines) is 1. The summed E-state index contributed by atoms with van der Waals surface area (Å²) in [6, 6.07) is 20.8. The summed E-state index contributed by atoms with van der Waals surface area (Å²) in [6.07, 6.45) is 2.44. The van der Waals surface area contributed by atoms with Crippen molar-refractivity contribution in [1.29, 1.82) is 0 Å². The van der Waals surface area contributed by atoms with Crippen LogP contribution in [0.5, 0.6) is 5.75 Å². The first-order valence-electron chi connectivity index (χ1n) is 12.5. The van der Waals surface area contributed by atoms with Crippen LogP contribution in [0.3, 0.4) is 0 Å². The van der Waals surface area contributed by atoms with Gasteiger partial charge in [-0.05, 0) is 61.9 Å². The van der Waals surface area contributed by atoms with Crippen molar-refractivity contribution < 1.29 is 14.3 Å². The molecule has 2 fully saturated rings. The van der Waals surface area contributed by atoms with E-state index in [0.29, 0.717) is 19.6 Å². The predicted octanol–water partition coefficient (Wildman–Crippen LogP) is 3.93. The molecule has 1 atom stereocenters. The molecule has 5 rings (SSSR count). The van der Waals surface area contributed by atoms with E-state index in [1.165, 1.54) is 0 Å². The SMILES string of the molecule is Cc1ccc(N2CCC(C(=O)Nc3ccc(OC4CCN(C(=O)c5ccccc5)CC4)cc3)C2)nn1. The predicted molar refractivity (Wildman–Crippen MR) is 138 cm³/mol. The summed E-state index contributed by atoms with van der Waals surface area (Å²) < 4.78 is 6.15. The van der Waals surface area contributed by atoms with Crippen molar-refractivity contribution in [2.24, 2.45) is 5.92 Å². The van der Waals surface area contributed by atoms with Crippen LogP contribution in [0.1, 0.15) is 35.3 Å². The molecule has 2 aliphatic heterocycles. The third kappa shape index (κ3) is 5.64. The molecule has 8 heteroatoms. The number of ether oxygens (including phenoxy) is 1. The molecule has 3 aromatic rings. The standard InChI is InChI=1S/C28H31N5O3/c1-20-7-12-26(31-30-20)33-16-13-22(19-33)27(34)29-23-8-10-24(11-9-23)36-25-14-17-32(18-15-25)28(35)21-5-3-2-4-6-21/h2-12,22,25H,13-19H2,1H3,(H,29,34). The number of piperidine rings is 1. The van der Waals surface area contributed by atoms with E-state index in [-0.39, 0.29) is 23.8 Å². The van der Waals surface area contributed by atoms with E-state index in [0.717, 1.165) is 54.3 Å². The second kappa shape index (κ2) is 10.8. The summed E-state index contributed by atoms with van der Waals surface area (Å²) in [5.41, 5.74) is 2.36. The van der Waals surface area contributed by atoms with E-state index < -0.39 is 0 Å². The molecule has 0 radical (unpaired) electrons. The third-order valence-corrected chi connectivity index (χ3v) is 6.84. The van der Waals surface area contributed by atoms with Crippen LogP contribution in [-0.4, -0.2) is 59.2 Å². The number of hydrogen-bond donors (Lipinski definition) is 1. The molecule has 2 aromatic carbocycles. The lowest BCUT2D eigenvalue weighted by Gasteiger charge is -2.32. The first-order valence-corrected chi connectivity index (χ1v) is 12.5. The Morgan fingerprint density at radius 1 is 0.889 bits per heavy atom. The van der Waals surface area contributed by atoms with E-state index in [2.05, 4.69) is 20.4 Å². The molecular weight excluding hydrogens is 454 g/mol. The molecule has 3 heterocycles. The molecule has 2 aliphatic rings. The van der Waals surface area contributed by atoms with Gasteiger partial charge in [-0.2, -0.15) is 5.10 Å². The second-order valence-corrected chi connectivity index (χ2v) is 9.45. The number of carbonyl (C=O) groups is 2. The fourth-order valence-electron chi connectivity index (χ4n) is 4.74. The van der Waals surface area contributed by atoms with Crippen LogP contribution in [0.15, 0.2) is 66.7 Å². The number of anilines is 2. The lowest BCUT2D eigenvalue weighted by Crippen LogP contribution is -2.41. The van der Waals surface area contributed by atoms with Gasteiger partial charge in [-0.25, -0.2) is 0 Å². The smallest absolute Gasteiger partial charge is 0.253 e. The highest BCUT2D eigenvalue weighted by Gasteiger charge is 2.29. The van der Waals surface area contributed by atoms with E-state index in [1.54, 1.807) is 0 Å². The average Bonchev–Trinajstić information content (AvgIpc) is 3.41. The number of carbonyl (C=O) groups excluding carboxylic acids is 2. The van der Waals surface area contributed by atoms with Crippen LogP contribution in [0.4, 0.5) is 11.5 Å². The summed E-state index contributed by atoms with van der Waals surface area (Å²) in [5.74, 6) is 1.58. The molecular formula is C28H31N5O3. The number of nitrogens with zero attached hydrogens (tertiary/aromatic N) is 4. The van der Waals surface area contributed by atoms with Crippen molar-refractivity contribution in [1.82, 2.24) is 15.1 Å². The molecule has 0 saturated carbocycles. The number of amides is 2. The molecule has 0 aliphatic carbocycles. The van der Waals surface area contributed by atoms with Gasteiger partial charge in [0.2, 0.25) is 5.91 Å². The quantitative estimate of drug-likeness (QED) is 0.569. The van der Waals surface area contributed by atoms with E-state index in [9.17, 15) is 9.59 Å². The van der Waals surface area contributed by atoms with Crippen molar-refractivity contribution >= 4 is 23.3 Å². The fourth-order valence-corrected chi connectivity index (χ4v) is 4.74. The van der Waals surface area contributed by atoms with E-state index in [4.69, 9.17) is 4.74 Å². The highest BCUT2D eigenvalue weighted by molar-refractivity contribution is 5.94. The Balaban J connectivity index is 1.08. The monoisotopic (exact) mass is 485 g/mol. The van der Waals surface area contributed by atoms with Crippen molar-refractivity contribution in [3.63, 3.8) is 0 Å². The van der Waals surface area contributed by atoms with Gasteiger partial charge in [0.05, 0.1) is 11.6 Å². The molecule has 1 N–H and O–H groups in total. The number of aryl methyl sites for hydroxylation is 1. The zero-order valence-electron chi connectivity index (χ0n) is 20.5. The van der Waals surface area contributed by atoms with Crippen LogP contribution in [-0.2, 0) is 4.79 Å². The first-order chi connectivity index (χ1) is 17.5. The van der Waals surface area contributed by atoms with Gasteiger partial charge in [-0.3, -0.25) is 9.59 Å². The van der Waals surface area contributed by atoms with Crippen LogP contribution in [0, 0.1) is 12.8 Å². The van der Waals surface area contributed by atoms with Gasteiger partial charge in [-0.1, -0.05) is 18.2 Å². The van der Waals surface area contributed by atoms with Crippen molar-refractivity contribution in [3.8, 4) is 5.75 Å². The van der Waals surface area contributed by atoms with Gasteiger partial charge < -0.3 is 19.9 Å². The zero-order chi connectivity index (χ0) is 24.9. The number of aromatic nitrogens is 2. The maximum atomic E-state index is 12.8. The summed E-state index contributed by atoms with van der Waals surface area (Å²) >= 11 is 0. The van der Waals surface area contributed by atoms with Gasteiger partial charge in [0, 0.05) is 50.3 Å². The van der Waals surface area contributed by atoms with Gasteiger partial charge in [0.15, 0.2) is 5.82 Å². The maximum Gasteiger partial charge on any atom is 0.253 e. The fraction of sp³-hybridized carbons (Fsp3) is 0.357. The number of rotatable bonds is 6. The molecule has 2 saturated heterocycles. The highest BCUT2D eigenvalue weighted by atomic mass is 16.5. The van der Waals surface area contributed by atoms with Crippen LogP contribution < -0.4 is 15.0 Å². The Kier molecular flexibility index (Phi) is 7.11. The molecule has 0 bridgehead atoms. The maximum absolute atomic E-state index is 12.8. The van der Waals surface area contributed by atoms with Crippen molar-refractivity contribution in [2.75, 3.05) is 36.4 Å². The summed E-state index contributed by atoms with van der Waals surface area (Å²) in [4.78, 5) is 29.4. The van der Waals surface area contributed by atoms with Crippen molar-refractivity contribution in [3.05, 3.63) is 78.0 Å². The lowest BCUT2D eigenvalue weighted by atomic mass is 10.1.